The average Bonchev–Trinajstić information content (AvgIpc) is 2.58. The van der Waals surface area contributed by atoms with Crippen molar-refractivity contribution >= 4 is 5.91 Å². The predicted molar refractivity (Wildman–Crippen MR) is 80.8 cm³/mol. The Balaban J connectivity index is 2.62. The van der Waals surface area contributed by atoms with E-state index in [4.69, 9.17) is 0 Å². The molecule has 0 bridgehead atoms. The van der Waals surface area contributed by atoms with E-state index in [1.807, 2.05) is 0 Å². The summed E-state index contributed by atoms with van der Waals surface area (Å²) in [5, 5.41) is 1.25. The zero-order valence-electron chi connectivity index (χ0n) is 14.0. The fraction of sp³-hybridized carbons (Fsp3) is 0.625. The van der Waals surface area contributed by atoms with Crippen molar-refractivity contribution in [3.8, 4) is 0 Å². The minimum absolute atomic E-state index is 0.0988. The van der Waals surface area contributed by atoms with Gasteiger partial charge in [0, 0.05) is 31.4 Å². The van der Waals surface area contributed by atoms with Gasteiger partial charge < -0.3 is 5.32 Å². The zero-order valence-corrected chi connectivity index (χ0v) is 14.0. The number of likely N-dealkylation sites (tertiary alicyclic amines) is 1. The van der Waals surface area contributed by atoms with Crippen LogP contribution >= 0.6 is 0 Å². The molecule has 26 heavy (non-hydrogen) atoms. The Morgan fingerprint density at radius 1 is 1.23 bits per heavy atom. The molecule has 0 spiro atoms. The number of piperidine rings is 1. The molecule has 1 N–H and O–H groups in total. The van der Waals surface area contributed by atoms with Gasteiger partial charge in [-0.2, -0.15) is 26.3 Å². The molecule has 2 heterocycles. The predicted octanol–water partition coefficient (Wildman–Crippen LogP) is 3.96. The first-order valence-corrected chi connectivity index (χ1v) is 8.15. The van der Waals surface area contributed by atoms with Gasteiger partial charge in [-0.1, -0.05) is 19.4 Å². The van der Waals surface area contributed by atoms with Crippen LogP contribution in [0, 0.1) is 0 Å². The second kappa shape index (κ2) is 7.42. The molecule has 4 nitrogen and oxygen atoms in total. The molecule has 1 saturated heterocycles. The number of aromatic nitrogens is 1. The summed E-state index contributed by atoms with van der Waals surface area (Å²) in [5.41, 5.74) is -4.20. The Morgan fingerprint density at radius 3 is 2.38 bits per heavy atom. The molecular formula is C16H19F6N3O. The fourth-order valence-electron chi connectivity index (χ4n) is 3.24. The molecule has 0 unspecified atom stereocenters. The van der Waals surface area contributed by atoms with Gasteiger partial charge in [0.1, 0.15) is 0 Å². The summed E-state index contributed by atoms with van der Waals surface area (Å²) in [4.78, 5) is 15.8. The topological polar surface area (TPSA) is 45.2 Å². The van der Waals surface area contributed by atoms with Crippen molar-refractivity contribution < 1.29 is 31.1 Å². The van der Waals surface area contributed by atoms with Crippen LogP contribution in [0.4, 0.5) is 26.3 Å². The SMILES string of the molecule is CCC(=O)NC(N1CCCC[C@@H]1c1cccnc1)(C(F)(F)F)C(F)(F)F. The van der Waals surface area contributed by atoms with Gasteiger partial charge in [-0.25, -0.2) is 0 Å². The molecule has 146 valence electrons. The van der Waals surface area contributed by atoms with Crippen molar-refractivity contribution in [2.45, 2.75) is 56.7 Å². The van der Waals surface area contributed by atoms with E-state index < -0.39 is 42.9 Å². The number of alkyl halides is 6. The van der Waals surface area contributed by atoms with Gasteiger partial charge >= 0.3 is 12.4 Å². The number of nitrogens with zero attached hydrogens (tertiary/aromatic N) is 2. The van der Waals surface area contributed by atoms with E-state index in [0.717, 1.165) is 0 Å². The van der Waals surface area contributed by atoms with E-state index in [9.17, 15) is 31.1 Å². The molecule has 0 saturated carbocycles. The molecule has 2 rings (SSSR count). The van der Waals surface area contributed by atoms with Crippen molar-refractivity contribution in [1.29, 1.82) is 0 Å². The highest BCUT2D eigenvalue weighted by Crippen LogP contribution is 2.50. The first kappa shape index (κ1) is 20.5. The average molecular weight is 383 g/mol. The molecular weight excluding hydrogens is 364 g/mol. The molecule has 0 aromatic carbocycles. The summed E-state index contributed by atoms with van der Waals surface area (Å²) in [6.07, 6.45) is -8.64. The number of nitrogens with one attached hydrogen (secondary N) is 1. The van der Waals surface area contributed by atoms with Crippen molar-refractivity contribution in [1.82, 2.24) is 15.2 Å². The second-order valence-electron chi connectivity index (χ2n) is 6.10. The van der Waals surface area contributed by atoms with Crippen LogP contribution in [0.1, 0.15) is 44.2 Å². The lowest BCUT2D eigenvalue weighted by Crippen LogP contribution is -2.77. The highest BCUT2D eigenvalue weighted by Gasteiger charge is 2.75. The van der Waals surface area contributed by atoms with Crippen LogP contribution in [0.25, 0.3) is 0 Å². The Hall–Kier alpha value is -1.84. The van der Waals surface area contributed by atoms with Crippen LogP contribution in [0.2, 0.25) is 0 Å². The lowest BCUT2D eigenvalue weighted by Gasteiger charge is -2.50. The van der Waals surface area contributed by atoms with Gasteiger partial charge in [0.15, 0.2) is 0 Å². The highest BCUT2D eigenvalue weighted by molar-refractivity contribution is 5.76. The highest BCUT2D eigenvalue weighted by atomic mass is 19.4. The fourth-order valence-corrected chi connectivity index (χ4v) is 3.24. The zero-order chi connectivity index (χ0) is 19.6. The maximum absolute atomic E-state index is 13.8. The van der Waals surface area contributed by atoms with Crippen molar-refractivity contribution in [3.63, 3.8) is 0 Å². The Bertz CT molecular complexity index is 603. The third-order valence-corrected chi connectivity index (χ3v) is 4.46. The first-order chi connectivity index (χ1) is 12.0. The van der Waals surface area contributed by atoms with E-state index in [1.54, 1.807) is 0 Å². The maximum atomic E-state index is 13.8. The molecule has 1 aliphatic rings. The number of amides is 1. The van der Waals surface area contributed by atoms with E-state index in [1.165, 1.54) is 36.8 Å². The number of rotatable bonds is 4. The number of hydrogen-bond donors (Lipinski definition) is 1. The summed E-state index contributed by atoms with van der Waals surface area (Å²) in [5.74, 6) is -1.32. The van der Waals surface area contributed by atoms with Crippen LogP contribution in [0.5, 0.6) is 0 Å². The second-order valence-corrected chi connectivity index (χ2v) is 6.10. The largest absolute Gasteiger partial charge is 0.434 e. The first-order valence-electron chi connectivity index (χ1n) is 8.15. The molecule has 1 aromatic rings. The molecule has 1 aromatic heterocycles. The van der Waals surface area contributed by atoms with Gasteiger partial charge in [0.05, 0.1) is 0 Å². The molecule has 1 fully saturated rings. The molecule has 1 atom stereocenters. The Labute approximate surface area is 146 Å². The monoisotopic (exact) mass is 383 g/mol. The van der Waals surface area contributed by atoms with Crippen LogP contribution in [-0.4, -0.2) is 40.4 Å². The Morgan fingerprint density at radius 2 is 1.88 bits per heavy atom. The summed E-state index contributed by atoms with van der Waals surface area (Å²) >= 11 is 0. The molecule has 1 amide bonds. The lowest BCUT2D eigenvalue weighted by atomic mass is 9.91. The van der Waals surface area contributed by atoms with E-state index in [0.29, 0.717) is 11.3 Å². The third-order valence-electron chi connectivity index (χ3n) is 4.46. The van der Waals surface area contributed by atoms with Crippen molar-refractivity contribution in [2.75, 3.05) is 6.54 Å². The minimum Gasteiger partial charge on any atom is -0.323 e. The van der Waals surface area contributed by atoms with E-state index in [-0.39, 0.29) is 18.4 Å². The van der Waals surface area contributed by atoms with Gasteiger partial charge in [-0.05, 0) is 24.5 Å². The third kappa shape index (κ3) is 3.65. The standard InChI is InChI=1S/C16H19F6N3O/c1-2-13(26)24-14(15(17,18)19,16(20,21)22)25-9-4-3-7-12(25)11-6-5-8-23-10-11/h5-6,8,10,12H,2-4,7,9H2,1H3,(H,24,26)/t12-/m1/s1. The van der Waals surface area contributed by atoms with Crippen LogP contribution in [0.15, 0.2) is 24.5 Å². The van der Waals surface area contributed by atoms with Crippen LogP contribution in [-0.2, 0) is 4.79 Å². The quantitative estimate of drug-likeness (QED) is 0.801. The van der Waals surface area contributed by atoms with Gasteiger partial charge in [0.2, 0.25) is 5.91 Å². The summed E-state index contributed by atoms with van der Waals surface area (Å²) < 4.78 is 83.1. The molecule has 0 aliphatic carbocycles. The molecule has 0 radical (unpaired) electrons. The van der Waals surface area contributed by atoms with Crippen LogP contribution in [0.3, 0.4) is 0 Å². The molecule has 1 aliphatic heterocycles. The van der Waals surface area contributed by atoms with Crippen molar-refractivity contribution in [3.05, 3.63) is 30.1 Å². The number of halogens is 6. The summed E-state index contributed by atoms with van der Waals surface area (Å²) in [6, 6.07) is 1.72. The Kier molecular flexibility index (Phi) is 5.84. The van der Waals surface area contributed by atoms with Gasteiger partial charge in [-0.3, -0.25) is 14.7 Å². The minimum atomic E-state index is -5.76. The van der Waals surface area contributed by atoms with E-state index >= 15 is 0 Å². The smallest absolute Gasteiger partial charge is 0.323 e. The van der Waals surface area contributed by atoms with E-state index in [2.05, 4.69) is 4.98 Å². The number of hydrogen-bond acceptors (Lipinski definition) is 3. The molecule has 10 heteroatoms. The lowest BCUT2D eigenvalue weighted by molar-refractivity contribution is -0.357. The van der Waals surface area contributed by atoms with Gasteiger partial charge in [0.25, 0.3) is 5.66 Å². The maximum Gasteiger partial charge on any atom is 0.434 e. The van der Waals surface area contributed by atoms with Gasteiger partial charge in [-0.15, -0.1) is 0 Å². The number of pyridine rings is 1. The van der Waals surface area contributed by atoms with Crippen LogP contribution < -0.4 is 5.32 Å². The van der Waals surface area contributed by atoms with Crippen molar-refractivity contribution in [2.24, 2.45) is 0 Å². The normalized spacial score (nSPS) is 20.0. The summed E-state index contributed by atoms with van der Waals surface area (Å²) in [6.45, 7) is 0.740. The number of carbonyl (C=O) groups is 1. The number of carbonyl (C=O) groups excluding carboxylic acids is 1. The summed E-state index contributed by atoms with van der Waals surface area (Å²) in [7, 11) is 0.